The van der Waals surface area contributed by atoms with E-state index in [0.29, 0.717) is 43.6 Å². The zero-order chi connectivity index (χ0) is 25.8. The molecule has 10 nitrogen and oxygen atoms in total. The van der Waals surface area contributed by atoms with Crippen LogP contribution in [0.2, 0.25) is 0 Å². The Morgan fingerprint density at radius 2 is 1.68 bits per heavy atom. The highest BCUT2D eigenvalue weighted by atomic mass is 32.2. The highest BCUT2D eigenvalue weighted by Crippen LogP contribution is 2.29. The van der Waals surface area contributed by atoms with Crippen molar-refractivity contribution in [2.24, 2.45) is 0 Å². The van der Waals surface area contributed by atoms with Crippen molar-refractivity contribution < 1.29 is 14.4 Å². The van der Waals surface area contributed by atoms with Gasteiger partial charge in [-0.1, -0.05) is 36.4 Å². The number of thioether (sulfide) groups is 1. The van der Waals surface area contributed by atoms with Crippen LogP contribution in [0, 0.1) is 0 Å². The second-order valence-electron chi connectivity index (χ2n) is 8.47. The van der Waals surface area contributed by atoms with E-state index >= 15 is 0 Å². The minimum Gasteiger partial charge on any atom is -0.337 e. The Kier molecular flexibility index (Phi) is 7.04. The van der Waals surface area contributed by atoms with Gasteiger partial charge in [0.1, 0.15) is 5.82 Å². The summed E-state index contributed by atoms with van der Waals surface area (Å²) in [6.07, 6.45) is 1.60. The molecule has 11 heteroatoms. The average molecular weight is 516 g/mol. The highest BCUT2D eigenvalue weighted by Gasteiger charge is 2.27. The van der Waals surface area contributed by atoms with Crippen molar-refractivity contribution in [1.29, 1.82) is 0 Å². The summed E-state index contributed by atoms with van der Waals surface area (Å²) in [5.74, 6) is 0.693. The first-order chi connectivity index (χ1) is 18.0. The Morgan fingerprint density at radius 3 is 2.32 bits per heavy atom. The molecule has 1 aromatic heterocycles. The Morgan fingerprint density at radius 1 is 1.00 bits per heavy atom. The van der Waals surface area contributed by atoms with Crippen LogP contribution in [0.25, 0.3) is 6.08 Å². The number of rotatable bonds is 5. The first-order valence-corrected chi connectivity index (χ1v) is 12.6. The lowest BCUT2D eigenvalue weighted by atomic mass is 10.2. The molecule has 3 heterocycles. The predicted octanol–water partition coefficient (Wildman–Crippen LogP) is 3.92. The number of urea groups is 1. The van der Waals surface area contributed by atoms with E-state index in [2.05, 4.69) is 15.6 Å². The van der Waals surface area contributed by atoms with Gasteiger partial charge in [0.2, 0.25) is 5.95 Å². The van der Waals surface area contributed by atoms with Crippen molar-refractivity contribution >= 4 is 58.2 Å². The van der Waals surface area contributed by atoms with Crippen LogP contribution >= 0.6 is 11.8 Å². The molecule has 0 saturated carbocycles. The van der Waals surface area contributed by atoms with Gasteiger partial charge in [-0.3, -0.25) is 14.9 Å². The number of imide groups is 1. The number of carbonyl (C=O) groups is 3. The maximum absolute atomic E-state index is 12.7. The third-order valence-corrected chi connectivity index (χ3v) is 6.81. The maximum Gasteiger partial charge on any atom is 0.321 e. The zero-order valence-corrected chi connectivity index (χ0v) is 20.9. The molecule has 0 aliphatic carbocycles. The minimum atomic E-state index is -0.439. The largest absolute Gasteiger partial charge is 0.337 e. The Balaban J connectivity index is 1.37. The van der Waals surface area contributed by atoms with E-state index in [1.54, 1.807) is 17.0 Å². The van der Waals surface area contributed by atoms with Crippen LogP contribution in [0.1, 0.15) is 5.69 Å². The monoisotopic (exact) mass is 515 g/mol. The Bertz CT molecular complexity index is 1340. The number of aromatic nitrogens is 2. The number of hydrogen-bond donors (Lipinski definition) is 2. The van der Waals surface area contributed by atoms with Crippen LogP contribution in [0.5, 0.6) is 0 Å². The summed E-state index contributed by atoms with van der Waals surface area (Å²) >= 11 is 0.848. The van der Waals surface area contributed by atoms with Gasteiger partial charge in [0.05, 0.1) is 10.6 Å². The second-order valence-corrected chi connectivity index (χ2v) is 9.48. The quantitative estimate of drug-likeness (QED) is 0.492. The van der Waals surface area contributed by atoms with Gasteiger partial charge < -0.3 is 20.0 Å². The topological polar surface area (TPSA) is 111 Å². The lowest BCUT2D eigenvalue weighted by Crippen LogP contribution is -2.50. The third kappa shape index (κ3) is 5.72. The van der Waals surface area contributed by atoms with E-state index in [1.165, 1.54) is 0 Å². The van der Waals surface area contributed by atoms with Crippen LogP contribution in [-0.2, 0) is 4.79 Å². The molecule has 3 aromatic rings. The van der Waals surface area contributed by atoms with Gasteiger partial charge >= 0.3 is 6.03 Å². The molecule has 2 fully saturated rings. The number of hydrogen-bond acceptors (Lipinski definition) is 8. The van der Waals surface area contributed by atoms with Crippen LogP contribution in [-0.4, -0.2) is 65.3 Å². The normalized spacial score (nSPS) is 16.6. The molecule has 2 aromatic carbocycles. The summed E-state index contributed by atoms with van der Waals surface area (Å²) in [5.41, 5.74) is 2.20. The number of carbonyl (C=O) groups excluding carboxylic acids is 3. The van der Waals surface area contributed by atoms with Crippen LogP contribution in [0.3, 0.4) is 0 Å². The smallest absolute Gasteiger partial charge is 0.321 e. The molecule has 0 radical (unpaired) electrons. The molecule has 0 bridgehead atoms. The van der Waals surface area contributed by atoms with E-state index in [-0.39, 0.29) is 10.9 Å². The molecular formula is C26H25N7O3S. The van der Waals surface area contributed by atoms with Gasteiger partial charge in [-0.15, -0.1) is 0 Å². The lowest BCUT2D eigenvalue weighted by Gasteiger charge is -2.35. The van der Waals surface area contributed by atoms with E-state index < -0.39 is 11.1 Å². The van der Waals surface area contributed by atoms with E-state index in [1.807, 2.05) is 77.5 Å². The second kappa shape index (κ2) is 10.7. The molecule has 2 aliphatic heterocycles. The summed E-state index contributed by atoms with van der Waals surface area (Å²) in [6, 6.07) is 20.8. The summed E-state index contributed by atoms with van der Waals surface area (Å²) < 4.78 is 0. The number of para-hydroxylation sites is 2. The first-order valence-electron chi connectivity index (χ1n) is 11.7. The molecule has 2 N–H and O–H groups in total. The van der Waals surface area contributed by atoms with Gasteiger partial charge in [-0.05, 0) is 42.1 Å². The zero-order valence-electron chi connectivity index (χ0n) is 20.1. The van der Waals surface area contributed by atoms with Crippen LogP contribution in [0.4, 0.5) is 32.7 Å². The number of anilines is 4. The molecule has 37 heavy (non-hydrogen) atoms. The predicted molar refractivity (Wildman–Crippen MR) is 145 cm³/mol. The summed E-state index contributed by atoms with van der Waals surface area (Å²) in [4.78, 5) is 51.9. The Hall–Kier alpha value is -4.38. The molecule has 0 spiro atoms. The molecule has 2 aliphatic rings. The molecule has 4 amide bonds. The van der Waals surface area contributed by atoms with Crippen molar-refractivity contribution in [3.8, 4) is 0 Å². The maximum atomic E-state index is 12.7. The molecule has 188 valence electrons. The van der Waals surface area contributed by atoms with Gasteiger partial charge in [-0.25, -0.2) is 9.78 Å². The highest BCUT2D eigenvalue weighted by molar-refractivity contribution is 8.18. The fraction of sp³-hybridized carbons (Fsp3) is 0.192. The van der Waals surface area contributed by atoms with Crippen molar-refractivity contribution in [1.82, 2.24) is 20.2 Å². The lowest BCUT2D eigenvalue weighted by molar-refractivity contribution is -0.115. The summed E-state index contributed by atoms with van der Waals surface area (Å²) in [5, 5.41) is 4.79. The van der Waals surface area contributed by atoms with Gasteiger partial charge in [0.15, 0.2) is 0 Å². The fourth-order valence-electron chi connectivity index (χ4n) is 4.00. The van der Waals surface area contributed by atoms with Crippen molar-refractivity contribution in [2.75, 3.05) is 48.3 Å². The van der Waals surface area contributed by atoms with E-state index in [9.17, 15) is 14.4 Å². The van der Waals surface area contributed by atoms with Crippen LogP contribution < -0.4 is 20.4 Å². The third-order valence-electron chi connectivity index (χ3n) is 6.00. The van der Waals surface area contributed by atoms with E-state index in [0.717, 1.165) is 23.1 Å². The number of benzene rings is 2. The molecule has 5 rings (SSSR count). The minimum absolute atomic E-state index is 0.149. The standard InChI is InChI=1S/C26H25N7O3S/c1-31(20-10-6-3-7-11-20)22-17-19(16-21-23(34)30-26(36)37-21)27-24(29-22)32-12-14-33(15-13-32)25(35)28-18-8-4-2-5-9-18/h2-11,16-17H,12-15H2,1H3,(H,28,35)(H,30,34,36). The molecule has 0 unspecified atom stereocenters. The summed E-state index contributed by atoms with van der Waals surface area (Å²) in [7, 11) is 1.91. The average Bonchev–Trinajstić information content (AvgIpc) is 3.25. The molecular weight excluding hydrogens is 490 g/mol. The fourth-order valence-corrected chi connectivity index (χ4v) is 4.67. The molecule has 0 atom stereocenters. The first kappa shape index (κ1) is 24.3. The number of nitrogens with zero attached hydrogens (tertiary/aromatic N) is 5. The number of nitrogens with one attached hydrogen (secondary N) is 2. The Labute approximate surface area is 218 Å². The van der Waals surface area contributed by atoms with Gasteiger partial charge in [-0.2, -0.15) is 4.98 Å². The van der Waals surface area contributed by atoms with Crippen LogP contribution in [0.15, 0.2) is 71.6 Å². The van der Waals surface area contributed by atoms with Crippen molar-refractivity contribution in [2.45, 2.75) is 0 Å². The van der Waals surface area contributed by atoms with Gasteiger partial charge in [0.25, 0.3) is 11.1 Å². The van der Waals surface area contributed by atoms with Crippen molar-refractivity contribution in [3.05, 3.63) is 77.3 Å². The molecule has 2 saturated heterocycles. The number of amides is 4. The van der Waals surface area contributed by atoms with E-state index in [4.69, 9.17) is 4.98 Å². The summed E-state index contributed by atoms with van der Waals surface area (Å²) in [6.45, 7) is 2.10. The number of piperazine rings is 1. The SMILES string of the molecule is CN(c1ccccc1)c1cc(C=C2SC(=O)NC2=O)nc(N2CCN(C(=O)Nc3ccccc3)CC2)n1. The van der Waals surface area contributed by atoms with Gasteiger partial charge in [0, 0.05) is 50.7 Å². The van der Waals surface area contributed by atoms with Crippen molar-refractivity contribution in [3.63, 3.8) is 0 Å².